The minimum Gasteiger partial charge on any atom is -0.303 e. The van der Waals surface area contributed by atoms with E-state index >= 15 is 0 Å². The summed E-state index contributed by atoms with van der Waals surface area (Å²) in [5, 5.41) is 11.5. The van der Waals surface area contributed by atoms with Crippen molar-refractivity contribution in [3.8, 4) is 11.1 Å². The van der Waals surface area contributed by atoms with Crippen LogP contribution in [0.15, 0.2) is 84.9 Å². The lowest BCUT2D eigenvalue weighted by atomic mass is 9.68. The lowest BCUT2D eigenvalue weighted by molar-refractivity contribution is -0.384. The number of nitro benzene ring substituents is 1. The Labute approximate surface area is 259 Å². The molecule has 7 heteroatoms. The Morgan fingerprint density at radius 1 is 0.841 bits per heavy atom. The van der Waals surface area contributed by atoms with E-state index in [9.17, 15) is 19.7 Å². The van der Waals surface area contributed by atoms with Crippen LogP contribution in [0.5, 0.6) is 0 Å². The second kappa shape index (κ2) is 13.4. The average Bonchev–Trinajstić information content (AvgIpc) is 3.03. The number of pyridine rings is 1. The first kappa shape index (κ1) is 31.0. The first-order valence-corrected chi connectivity index (χ1v) is 15.3. The standard InChI is InChI=1S/C37H39N3O4/c1-26-34(27(2)41)36(29-13-12-18-32(25-29)40(43)44)35(28(3)42)33(38-26)19-10-11-22-39-23-20-37(21-24-39,30-14-6-4-7-15-30)31-16-8-5-9-17-31/h4-9,12-18,25H,10-11,19-24H2,1-3H3. The van der Waals surface area contributed by atoms with Crippen molar-refractivity contribution in [2.24, 2.45) is 0 Å². The Kier molecular flexibility index (Phi) is 9.45. The zero-order valence-corrected chi connectivity index (χ0v) is 25.7. The molecule has 0 saturated carbocycles. The lowest BCUT2D eigenvalue weighted by Gasteiger charge is -2.43. The van der Waals surface area contributed by atoms with Crippen LogP contribution in [0.4, 0.5) is 5.69 Å². The molecular weight excluding hydrogens is 550 g/mol. The van der Waals surface area contributed by atoms with Crippen LogP contribution < -0.4 is 0 Å². The average molecular weight is 590 g/mol. The Bertz CT molecular complexity index is 1620. The van der Waals surface area contributed by atoms with Gasteiger partial charge >= 0.3 is 0 Å². The summed E-state index contributed by atoms with van der Waals surface area (Å²) >= 11 is 0. The summed E-state index contributed by atoms with van der Waals surface area (Å²) < 4.78 is 0. The van der Waals surface area contributed by atoms with Gasteiger partial charge in [-0.1, -0.05) is 72.8 Å². The topological polar surface area (TPSA) is 93.4 Å². The van der Waals surface area contributed by atoms with Gasteiger partial charge in [0.1, 0.15) is 0 Å². The molecule has 226 valence electrons. The zero-order valence-electron chi connectivity index (χ0n) is 25.7. The van der Waals surface area contributed by atoms with Crippen LogP contribution in [-0.4, -0.2) is 46.0 Å². The van der Waals surface area contributed by atoms with E-state index in [2.05, 4.69) is 65.6 Å². The number of unbranched alkanes of at least 4 members (excludes halogenated alkanes) is 1. The third-order valence-electron chi connectivity index (χ3n) is 9.00. The Balaban J connectivity index is 1.31. The molecule has 0 spiro atoms. The minimum absolute atomic E-state index is 0.0121. The molecular formula is C37H39N3O4. The number of aromatic nitrogens is 1. The summed E-state index contributed by atoms with van der Waals surface area (Å²) in [6.45, 7) is 7.65. The SMILES string of the molecule is CC(=O)c1c(C)nc(CCCCN2CCC(c3ccccc3)(c3ccccc3)CC2)c(C(C)=O)c1-c1cccc([N+](=O)[O-])c1. The molecule has 1 saturated heterocycles. The number of hydrogen-bond acceptors (Lipinski definition) is 6. The molecule has 44 heavy (non-hydrogen) atoms. The molecule has 7 nitrogen and oxygen atoms in total. The molecule has 0 amide bonds. The van der Waals surface area contributed by atoms with E-state index in [1.165, 1.54) is 37.1 Å². The number of piperidine rings is 1. The highest BCUT2D eigenvalue weighted by Gasteiger charge is 2.37. The zero-order chi connectivity index (χ0) is 31.3. The van der Waals surface area contributed by atoms with Crippen molar-refractivity contribution in [2.75, 3.05) is 19.6 Å². The number of benzene rings is 3. The highest BCUT2D eigenvalue weighted by atomic mass is 16.6. The molecule has 1 fully saturated rings. The molecule has 1 aliphatic rings. The van der Waals surface area contributed by atoms with Crippen LogP contribution in [0.2, 0.25) is 0 Å². The number of rotatable bonds is 11. The van der Waals surface area contributed by atoms with Gasteiger partial charge in [-0.3, -0.25) is 24.7 Å². The smallest absolute Gasteiger partial charge is 0.270 e. The summed E-state index contributed by atoms with van der Waals surface area (Å²) in [6, 6.07) is 27.8. The highest BCUT2D eigenvalue weighted by molar-refractivity contribution is 6.10. The number of non-ortho nitro benzene ring substituents is 1. The number of carbonyl (C=O) groups excluding carboxylic acids is 2. The minimum atomic E-state index is -0.469. The first-order chi connectivity index (χ1) is 21.2. The first-order valence-electron chi connectivity index (χ1n) is 15.3. The largest absolute Gasteiger partial charge is 0.303 e. The van der Waals surface area contributed by atoms with E-state index < -0.39 is 4.92 Å². The number of nitro groups is 1. The van der Waals surface area contributed by atoms with Crippen molar-refractivity contribution in [2.45, 2.75) is 58.3 Å². The second-order valence-electron chi connectivity index (χ2n) is 11.8. The molecule has 0 atom stereocenters. The van der Waals surface area contributed by atoms with Gasteiger partial charge in [-0.2, -0.15) is 0 Å². The van der Waals surface area contributed by atoms with E-state index in [-0.39, 0.29) is 22.7 Å². The van der Waals surface area contributed by atoms with E-state index in [0.29, 0.717) is 40.1 Å². The molecule has 5 rings (SSSR count). The van der Waals surface area contributed by atoms with E-state index in [1.54, 1.807) is 19.1 Å². The van der Waals surface area contributed by atoms with Crippen LogP contribution in [0.1, 0.15) is 82.8 Å². The van der Waals surface area contributed by atoms with Crippen LogP contribution in [0.3, 0.4) is 0 Å². The van der Waals surface area contributed by atoms with Crippen LogP contribution >= 0.6 is 0 Å². The number of hydrogen-bond donors (Lipinski definition) is 0. The number of carbonyl (C=O) groups is 2. The van der Waals surface area contributed by atoms with Gasteiger partial charge in [0.15, 0.2) is 11.6 Å². The third-order valence-corrected chi connectivity index (χ3v) is 9.00. The molecule has 0 unspecified atom stereocenters. The number of Topliss-reactive ketones (excluding diaryl/α,β-unsaturated/α-hetero) is 2. The van der Waals surface area contributed by atoms with Crippen molar-refractivity contribution in [1.29, 1.82) is 0 Å². The highest BCUT2D eigenvalue weighted by Crippen LogP contribution is 2.42. The molecule has 3 aromatic carbocycles. The third kappa shape index (κ3) is 6.38. The van der Waals surface area contributed by atoms with Gasteiger partial charge in [0.2, 0.25) is 0 Å². The number of aryl methyl sites for hydroxylation is 2. The Morgan fingerprint density at radius 3 is 1.98 bits per heavy atom. The quantitative estimate of drug-likeness (QED) is 0.0768. The molecule has 0 radical (unpaired) electrons. The number of nitrogens with zero attached hydrogens (tertiary/aromatic N) is 3. The van der Waals surface area contributed by atoms with Gasteiger partial charge in [-0.25, -0.2) is 0 Å². The van der Waals surface area contributed by atoms with Gasteiger partial charge in [0.25, 0.3) is 5.69 Å². The summed E-state index contributed by atoms with van der Waals surface area (Å²) in [4.78, 5) is 44.1. The van der Waals surface area contributed by atoms with Crippen LogP contribution in [-0.2, 0) is 11.8 Å². The maximum atomic E-state index is 13.0. The van der Waals surface area contributed by atoms with E-state index in [4.69, 9.17) is 4.98 Å². The molecule has 0 aliphatic carbocycles. The van der Waals surface area contributed by atoms with Crippen LogP contribution in [0.25, 0.3) is 11.1 Å². The number of likely N-dealkylation sites (tertiary alicyclic amines) is 1. The molecule has 0 N–H and O–H groups in total. The van der Waals surface area contributed by atoms with Crippen molar-refractivity contribution in [3.05, 3.63) is 129 Å². The van der Waals surface area contributed by atoms with Gasteiger partial charge in [-0.05, 0) is 89.2 Å². The predicted molar refractivity (Wildman–Crippen MR) is 173 cm³/mol. The van der Waals surface area contributed by atoms with E-state index in [0.717, 1.165) is 45.3 Å². The summed E-state index contributed by atoms with van der Waals surface area (Å²) in [5.74, 6) is -0.427. The van der Waals surface area contributed by atoms with Crippen molar-refractivity contribution >= 4 is 17.3 Å². The van der Waals surface area contributed by atoms with Crippen molar-refractivity contribution in [3.63, 3.8) is 0 Å². The maximum absolute atomic E-state index is 13.0. The van der Waals surface area contributed by atoms with Gasteiger partial charge in [0, 0.05) is 39.9 Å². The predicted octanol–water partition coefficient (Wildman–Crippen LogP) is 7.78. The molecule has 1 aromatic heterocycles. The second-order valence-corrected chi connectivity index (χ2v) is 11.8. The van der Waals surface area contributed by atoms with Gasteiger partial charge < -0.3 is 4.90 Å². The fraction of sp³-hybridized carbons (Fsp3) is 0.324. The van der Waals surface area contributed by atoms with Crippen molar-refractivity contribution < 1.29 is 14.5 Å². The fourth-order valence-corrected chi connectivity index (χ4v) is 6.86. The normalized spacial score (nSPS) is 14.7. The molecule has 0 bridgehead atoms. The lowest BCUT2D eigenvalue weighted by Crippen LogP contribution is -2.43. The summed E-state index contributed by atoms with van der Waals surface area (Å²) in [5.41, 5.74) is 5.50. The molecule has 4 aromatic rings. The summed E-state index contributed by atoms with van der Waals surface area (Å²) in [6.07, 6.45) is 4.47. The Morgan fingerprint density at radius 2 is 1.43 bits per heavy atom. The van der Waals surface area contributed by atoms with Crippen molar-refractivity contribution in [1.82, 2.24) is 9.88 Å². The molecule has 1 aliphatic heterocycles. The summed E-state index contributed by atoms with van der Waals surface area (Å²) in [7, 11) is 0. The maximum Gasteiger partial charge on any atom is 0.270 e. The van der Waals surface area contributed by atoms with Crippen LogP contribution in [0, 0.1) is 17.0 Å². The van der Waals surface area contributed by atoms with Gasteiger partial charge in [-0.15, -0.1) is 0 Å². The molecule has 2 heterocycles. The fourth-order valence-electron chi connectivity index (χ4n) is 6.86. The van der Waals surface area contributed by atoms with Gasteiger partial charge in [0.05, 0.1) is 10.6 Å². The Hall–Kier alpha value is -4.49. The van der Waals surface area contributed by atoms with E-state index in [1.807, 2.05) is 0 Å². The monoisotopic (exact) mass is 589 g/mol. The number of ketones is 2.